The van der Waals surface area contributed by atoms with Crippen molar-refractivity contribution in [3.63, 3.8) is 0 Å². The first-order valence-corrected chi connectivity index (χ1v) is 9.29. The van der Waals surface area contributed by atoms with Crippen molar-refractivity contribution < 1.29 is 4.74 Å². The highest BCUT2D eigenvalue weighted by Gasteiger charge is 2.27. The fourth-order valence-corrected chi connectivity index (χ4v) is 3.93. The summed E-state index contributed by atoms with van der Waals surface area (Å²) in [7, 11) is 3.47. The summed E-state index contributed by atoms with van der Waals surface area (Å²) in [5.41, 5.74) is 2.80. The van der Waals surface area contributed by atoms with E-state index >= 15 is 0 Å². The largest absolute Gasteiger partial charge is 0.494 e. The van der Waals surface area contributed by atoms with E-state index in [0.717, 1.165) is 34.7 Å². The van der Waals surface area contributed by atoms with Crippen LogP contribution in [0.2, 0.25) is 0 Å². The van der Waals surface area contributed by atoms with Crippen molar-refractivity contribution >= 4 is 28.3 Å². The third-order valence-electron chi connectivity index (χ3n) is 5.23. The summed E-state index contributed by atoms with van der Waals surface area (Å²) in [6.07, 6.45) is 1.84. The molecule has 1 unspecified atom stereocenters. The van der Waals surface area contributed by atoms with Gasteiger partial charge in [-0.25, -0.2) is 15.0 Å². The number of hydrogen-bond donors (Lipinski definition) is 1. The maximum absolute atomic E-state index is 5.48. The Bertz CT molecular complexity index is 1190. The van der Waals surface area contributed by atoms with E-state index in [1.807, 2.05) is 37.5 Å². The van der Waals surface area contributed by atoms with Crippen LogP contribution in [0.4, 0.5) is 11.8 Å². The van der Waals surface area contributed by atoms with Crippen molar-refractivity contribution in [2.45, 2.75) is 19.4 Å². The van der Waals surface area contributed by atoms with Gasteiger partial charge in [0.15, 0.2) is 11.5 Å². The van der Waals surface area contributed by atoms with Gasteiger partial charge in [0.1, 0.15) is 17.1 Å². The third kappa shape index (κ3) is 2.45. The molecule has 0 spiro atoms. The lowest BCUT2D eigenvalue weighted by molar-refractivity contribution is 0.419. The molecule has 0 fully saturated rings. The number of fused-ring (bicyclic) bond motifs is 4. The number of ether oxygens (including phenoxy) is 1. The molecule has 4 heterocycles. The smallest absolute Gasteiger partial charge is 0.226 e. The van der Waals surface area contributed by atoms with Crippen LogP contribution < -0.4 is 15.0 Å². The number of methoxy groups -OCH3 is 1. The van der Waals surface area contributed by atoms with Gasteiger partial charge in [-0.2, -0.15) is 4.52 Å². The Labute approximate surface area is 162 Å². The highest BCUT2D eigenvalue weighted by molar-refractivity contribution is 5.95. The molecule has 0 aliphatic carbocycles. The molecule has 4 aromatic rings. The van der Waals surface area contributed by atoms with Crippen molar-refractivity contribution in [1.29, 1.82) is 0 Å². The van der Waals surface area contributed by atoms with Crippen molar-refractivity contribution in [3.05, 3.63) is 47.9 Å². The molecule has 0 radical (unpaired) electrons. The first-order chi connectivity index (χ1) is 13.7. The topological polar surface area (TPSA) is 80.5 Å². The van der Waals surface area contributed by atoms with Gasteiger partial charge in [-0.15, -0.1) is 5.10 Å². The molecule has 0 saturated carbocycles. The first kappa shape index (κ1) is 16.7. The first-order valence-electron chi connectivity index (χ1n) is 9.29. The van der Waals surface area contributed by atoms with Gasteiger partial charge in [0.05, 0.1) is 13.7 Å². The van der Waals surface area contributed by atoms with Crippen LogP contribution in [-0.2, 0) is 6.54 Å². The monoisotopic (exact) mass is 375 g/mol. The van der Waals surface area contributed by atoms with Crippen LogP contribution in [0, 0.1) is 0 Å². The zero-order valence-corrected chi connectivity index (χ0v) is 16.0. The molecule has 1 aliphatic heterocycles. The van der Waals surface area contributed by atoms with E-state index in [1.165, 1.54) is 5.56 Å². The summed E-state index contributed by atoms with van der Waals surface area (Å²) in [5.74, 6) is 3.54. The zero-order chi connectivity index (χ0) is 19.3. The van der Waals surface area contributed by atoms with Gasteiger partial charge < -0.3 is 15.0 Å². The standard InChI is InChI=1S/C20H21N7O/c1-12-10-26(18-13(12)7-5-9-22-18)11-16-23-19-14-6-4-8-15(28-3)17(14)24-20(21-2)27(19)25-16/h4-9,12H,10-11H2,1-3H3,(H,21,24). The summed E-state index contributed by atoms with van der Waals surface area (Å²) >= 11 is 0. The Kier molecular flexibility index (Phi) is 3.78. The number of rotatable bonds is 4. The molecule has 8 heteroatoms. The molecular weight excluding hydrogens is 354 g/mol. The molecule has 5 rings (SSSR count). The van der Waals surface area contributed by atoms with Gasteiger partial charge in [0, 0.05) is 31.1 Å². The van der Waals surface area contributed by atoms with Gasteiger partial charge >= 0.3 is 0 Å². The lowest BCUT2D eigenvalue weighted by Crippen LogP contribution is -2.22. The van der Waals surface area contributed by atoms with Gasteiger partial charge in [-0.3, -0.25) is 0 Å². The van der Waals surface area contributed by atoms with E-state index in [9.17, 15) is 0 Å². The molecule has 3 aromatic heterocycles. The molecule has 1 aromatic carbocycles. The van der Waals surface area contributed by atoms with Crippen LogP contribution in [0.1, 0.15) is 24.2 Å². The lowest BCUT2D eigenvalue weighted by atomic mass is 10.1. The van der Waals surface area contributed by atoms with Crippen LogP contribution in [-0.4, -0.2) is 45.3 Å². The molecule has 0 amide bonds. The number of hydrogen-bond acceptors (Lipinski definition) is 7. The predicted octanol–water partition coefficient (Wildman–Crippen LogP) is 2.85. The highest BCUT2D eigenvalue weighted by atomic mass is 16.5. The van der Waals surface area contributed by atoms with E-state index in [4.69, 9.17) is 14.8 Å². The normalized spacial score (nSPS) is 16.0. The SMILES string of the molecule is CNc1nc2c(OC)cccc2c2nc(CN3CC(C)c4cccnc43)nn12. The second-order valence-electron chi connectivity index (χ2n) is 7.00. The summed E-state index contributed by atoms with van der Waals surface area (Å²) < 4.78 is 7.24. The molecule has 28 heavy (non-hydrogen) atoms. The van der Waals surface area contributed by atoms with Crippen LogP contribution >= 0.6 is 0 Å². The summed E-state index contributed by atoms with van der Waals surface area (Å²) in [5, 5.41) is 8.74. The number of anilines is 2. The quantitative estimate of drug-likeness (QED) is 0.587. The van der Waals surface area contributed by atoms with Crippen LogP contribution in [0.25, 0.3) is 16.6 Å². The van der Waals surface area contributed by atoms with Crippen molar-refractivity contribution in [2.75, 3.05) is 30.9 Å². The van der Waals surface area contributed by atoms with Gasteiger partial charge in [0.2, 0.25) is 5.95 Å². The molecule has 1 N–H and O–H groups in total. The number of para-hydroxylation sites is 1. The fourth-order valence-electron chi connectivity index (χ4n) is 3.93. The van der Waals surface area contributed by atoms with Gasteiger partial charge in [-0.05, 0) is 23.8 Å². The maximum atomic E-state index is 5.48. The van der Waals surface area contributed by atoms with Gasteiger partial charge in [-0.1, -0.05) is 19.1 Å². The second-order valence-corrected chi connectivity index (χ2v) is 7.00. The number of benzene rings is 1. The zero-order valence-electron chi connectivity index (χ0n) is 16.0. The van der Waals surface area contributed by atoms with E-state index in [0.29, 0.717) is 24.2 Å². The lowest BCUT2D eigenvalue weighted by Gasteiger charge is -2.16. The molecule has 0 bridgehead atoms. The maximum Gasteiger partial charge on any atom is 0.226 e. The van der Waals surface area contributed by atoms with E-state index in [2.05, 4.69) is 33.2 Å². The predicted molar refractivity (Wildman–Crippen MR) is 108 cm³/mol. The van der Waals surface area contributed by atoms with E-state index < -0.39 is 0 Å². The molecular formula is C20H21N7O. The van der Waals surface area contributed by atoms with Crippen LogP contribution in [0.15, 0.2) is 36.5 Å². The fraction of sp³-hybridized carbons (Fsp3) is 0.300. The third-order valence-corrected chi connectivity index (χ3v) is 5.23. The average molecular weight is 375 g/mol. The second kappa shape index (κ2) is 6.33. The Morgan fingerprint density at radius 3 is 2.93 bits per heavy atom. The van der Waals surface area contributed by atoms with E-state index in [-0.39, 0.29) is 0 Å². The van der Waals surface area contributed by atoms with Crippen molar-refractivity contribution in [2.24, 2.45) is 0 Å². The molecule has 1 aliphatic rings. The Morgan fingerprint density at radius 1 is 1.21 bits per heavy atom. The van der Waals surface area contributed by atoms with Crippen molar-refractivity contribution in [3.8, 4) is 5.75 Å². The molecule has 1 atom stereocenters. The van der Waals surface area contributed by atoms with Gasteiger partial charge in [0.25, 0.3) is 0 Å². The number of nitrogens with one attached hydrogen (secondary N) is 1. The Hall–Kier alpha value is -3.42. The van der Waals surface area contributed by atoms with Crippen LogP contribution in [0.3, 0.4) is 0 Å². The summed E-state index contributed by atoms with van der Waals surface area (Å²) in [4.78, 5) is 16.3. The minimum absolute atomic E-state index is 0.445. The number of pyridine rings is 1. The Morgan fingerprint density at radius 2 is 2.11 bits per heavy atom. The molecule has 8 nitrogen and oxygen atoms in total. The Balaban J connectivity index is 1.61. The summed E-state index contributed by atoms with van der Waals surface area (Å²) in [6, 6.07) is 9.97. The van der Waals surface area contributed by atoms with Crippen molar-refractivity contribution in [1.82, 2.24) is 24.6 Å². The van der Waals surface area contributed by atoms with E-state index in [1.54, 1.807) is 11.6 Å². The summed E-state index contributed by atoms with van der Waals surface area (Å²) in [6.45, 7) is 3.73. The average Bonchev–Trinajstić information content (AvgIpc) is 3.29. The molecule has 0 saturated heterocycles. The minimum Gasteiger partial charge on any atom is -0.494 e. The molecule has 142 valence electrons. The highest BCUT2D eigenvalue weighted by Crippen LogP contribution is 2.34. The number of nitrogens with zero attached hydrogens (tertiary/aromatic N) is 6. The number of aromatic nitrogens is 5. The van der Waals surface area contributed by atoms with Crippen LogP contribution in [0.5, 0.6) is 5.75 Å². The minimum atomic E-state index is 0.445.